The Hall–Kier alpha value is -1.47. The molecule has 0 unspecified atom stereocenters. The Labute approximate surface area is 99.4 Å². The molecule has 0 fully saturated rings. The molecule has 0 aliphatic rings. The van der Waals surface area contributed by atoms with Gasteiger partial charge in [-0.15, -0.1) is 11.3 Å². The van der Waals surface area contributed by atoms with E-state index >= 15 is 0 Å². The summed E-state index contributed by atoms with van der Waals surface area (Å²) >= 11 is 2.44. The van der Waals surface area contributed by atoms with E-state index in [1.54, 1.807) is 23.9 Å². The van der Waals surface area contributed by atoms with Gasteiger partial charge < -0.3 is 5.32 Å². The highest BCUT2D eigenvalue weighted by Crippen LogP contribution is 2.10. The number of aryl methyl sites for hydroxylation is 1. The molecule has 0 aliphatic carbocycles. The maximum atomic E-state index is 11.6. The van der Waals surface area contributed by atoms with Crippen LogP contribution in [0.4, 0.5) is 5.13 Å². The van der Waals surface area contributed by atoms with Crippen LogP contribution in [-0.2, 0) is 11.3 Å². The average Bonchev–Trinajstić information content (AvgIpc) is 2.83. The van der Waals surface area contributed by atoms with Gasteiger partial charge in [0.15, 0.2) is 5.13 Å². The van der Waals surface area contributed by atoms with Gasteiger partial charge in [-0.05, 0) is 6.92 Å². The van der Waals surface area contributed by atoms with E-state index in [0.717, 1.165) is 17.0 Å². The first kappa shape index (κ1) is 11.0. The van der Waals surface area contributed by atoms with Crippen LogP contribution in [0.3, 0.4) is 0 Å². The van der Waals surface area contributed by atoms with Gasteiger partial charge in [0.25, 0.3) is 0 Å². The number of nitrogens with zero attached hydrogens (tertiary/aromatic N) is 2. The minimum Gasteiger partial charge on any atom is -0.300 e. The van der Waals surface area contributed by atoms with Crippen molar-refractivity contribution in [3.8, 4) is 0 Å². The lowest BCUT2D eigenvalue weighted by atomic mass is 10.5. The fraction of sp³-hybridized carbons (Fsp3) is 0.222. The Morgan fingerprint density at radius 1 is 1.56 bits per heavy atom. The zero-order valence-corrected chi connectivity index (χ0v) is 10.1. The van der Waals surface area contributed by atoms with Crippen LogP contribution >= 0.6 is 22.7 Å². The van der Waals surface area contributed by atoms with E-state index in [2.05, 4.69) is 10.3 Å². The van der Waals surface area contributed by atoms with Gasteiger partial charge in [0.05, 0.1) is 0 Å². The second-order valence-electron chi connectivity index (χ2n) is 3.11. The third kappa shape index (κ3) is 2.37. The highest BCUT2D eigenvalue weighted by atomic mass is 32.1. The molecule has 0 aromatic carbocycles. The van der Waals surface area contributed by atoms with Crippen LogP contribution < -0.4 is 10.2 Å². The molecule has 5 nitrogen and oxygen atoms in total. The molecule has 2 heterocycles. The smallest absolute Gasteiger partial charge is 0.300 e. The van der Waals surface area contributed by atoms with E-state index in [1.165, 1.54) is 15.9 Å². The highest BCUT2D eigenvalue weighted by molar-refractivity contribution is 7.13. The van der Waals surface area contributed by atoms with E-state index in [4.69, 9.17) is 0 Å². The lowest BCUT2D eigenvalue weighted by Crippen LogP contribution is -2.25. The van der Waals surface area contributed by atoms with Crippen LogP contribution in [0.2, 0.25) is 0 Å². The molecule has 16 heavy (non-hydrogen) atoms. The summed E-state index contributed by atoms with van der Waals surface area (Å²) in [5.74, 6) is -0.237. The summed E-state index contributed by atoms with van der Waals surface area (Å²) in [4.78, 5) is 26.8. The fourth-order valence-electron chi connectivity index (χ4n) is 1.18. The number of hydrogen-bond donors (Lipinski definition) is 1. The van der Waals surface area contributed by atoms with Crippen molar-refractivity contribution < 1.29 is 4.79 Å². The number of carbonyl (C=O) groups excluding carboxylic acids is 1. The van der Waals surface area contributed by atoms with Crippen molar-refractivity contribution >= 4 is 33.7 Å². The molecule has 1 amide bonds. The lowest BCUT2D eigenvalue weighted by Gasteiger charge is -2.03. The number of hydrogen-bond acceptors (Lipinski definition) is 5. The molecule has 0 atom stereocenters. The van der Waals surface area contributed by atoms with Gasteiger partial charge in [0.2, 0.25) is 5.91 Å². The quantitative estimate of drug-likeness (QED) is 0.899. The number of carbonyl (C=O) groups is 1. The normalized spacial score (nSPS) is 10.3. The van der Waals surface area contributed by atoms with Crippen molar-refractivity contribution in [1.82, 2.24) is 9.55 Å². The molecule has 0 saturated carbocycles. The topological polar surface area (TPSA) is 64.0 Å². The predicted molar refractivity (Wildman–Crippen MR) is 64.1 cm³/mol. The number of nitrogens with one attached hydrogen (secondary N) is 1. The fourth-order valence-corrected chi connectivity index (χ4v) is 2.46. The minimum absolute atomic E-state index is 0.0355. The van der Waals surface area contributed by atoms with Gasteiger partial charge in [-0.3, -0.25) is 14.2 Å². The molecule has 0 saturated heterocycles. The van der Waals surface area contributed by atoms with Gasteiger partial charge in [-0.1, -0.05) is 11.3 Å². The average molecular weight is 255 g/mol. The van der Waals surface area contributed by atoms with E-state index < -0.39 is 0 Å². The van der Waals surface area contributed by atoms with Gasteiger partial charge in [-0.2, -0.15) is 0 Å². The molecule has 1 N–H and O–H groups in total. The summed E-state index contributed by atoms with van der Waals surface area (Å²) in [5.41, 5.74) is 0.796. The third-order valence-corrected chi connectivity index (χ3v) is 3.53. The van der Waals surface area contributed by atoms with Gasteiger partial charge >= 0.3 is 4.87 Å². The maximum Gasteiger partial charge on any atom is 0.307 e. The molecule has 84 valence electrons. The molecular weight excluding hydrogens is 246 g/mol. The summed E-state index contributed by atoms with van der Waals surface area (Å²) in [7, 11) is 0. The molecular formula is C9H9N3O2S2. The molecule has 0 aliphatic heterocycles. The van der Waals surface area contributed by atoms with E-state index in [1.807, 2.05) is 0 Å². The molecule has 0 spiro atoms. The second kappa shape index (κ2) is 4.58. The number of rotatable bonds is 3. The van der Waals surface area contributed by atoms with Crippen molar-refractivity contribution in [2.45, 2.75) is 13.5 Å². The van der Waals surface area contributed by atoms with Crippen molar-refractivity contribution in [2.75, 3.05) is 5.32 Å². The Balaban J connectivity index is 2.06. The van der Waals surface area contributed by atoms with Gasteiger partial charge in [0.1, 0.15) is 6.54 Å². The third-order valence-electron chi connectivity index (χ3n) is 1.96. The number of thiazole rings is 2. The van der Waals surface area contributed by atoms with E-state index in [9.17, 15) is 9.59 Å². The molecule has 0 radical (unpaired) electrons. The number of amides is 1. The zero-order chi connectivity index (χ0) is 11.5. The molecule has 0 bridgehead atoms. The first-order chi connectivity index (χ1) is 7.66. The number of anilines is 1. The van der Waals surface area contributed by atoms with Crippen molar-refractivity contribution in [3.63, 3.8) is 0 Å². The van der Waals surface area contributed by atoms with Gasteiger partial charge in [0, 0.05) is 22.7 Å². The Kier molecular flexibility index (Phi) is 3.16. The molecule has 7 heteroatoms. The van der Waals surface area contributed by atoms with E-state index in [-0.39, 0.29) is 17.3 Å². The maximum absolute atomic E-state index is 11.6. The summed E-state index contributed by atoms with van der Waals surface area (Å²) in [6.45, 7) is 1.84. The van der Waals surface area contributed by atoms with Crippen LogP contribution in [0.5, 0.6) is 0 Å². The van der Waals surface area contributed by atoms with Crippen molar-refractivity contribution in [1.29, 1.82) is 0 Å². The first-order valence-electron chi connectivity index (χ1n) is 4.51. The van der Waals surface area contributed by atoms with Crippen LogP contribution in [0.15, 0.2) is 21.8 Å². The number of aromatic nitrogens is 2. The van der Waals surface area contributed by atoms with Crippen LogP contribution in [0, 0.1) is 6.92 Å². The first-order valence-corrected chi connectivity index (χ1v) is 6.27. The Bertz CT molecular complexity index is 541. The highest BCUT2D eigenvalue weighted by Gasteiger charge is 2.09. The lowest BCUT2D eigenvalue weighted by molar-refractivity contribution is -0.116. The summed E-state index contributed by atoms with van der Waals surface area (Å²) in [6.07, 6.45) is 1.61. The summed E-state index contributed by atoms with van der Waals surface area (Å²) in [6, 6.07) is 0. The Morgan fingerprint density at radius 2 is 2.38 bits per heavy atom. The Morgan fingerprint density at radius 3 is 2.94 bits per heavy atom. The van der Waals surface area contributed by atoms with Gasteiger partial charge in [-0.25, -0.2) is 4.98 Å². The van der Waals surface area contributed by atoms with E-state index in [0.29, 0.717) is 5.13 Å². The summed E-state index contributed by atoms with van der Waals surface area (Å²) in [5, 5.41) is 6.69. The SMILES string of the molecule is Cc1csc(=O)n1CC(=O)Nc1nccs1. The van der Waals surface area contributed by atoms with Crippen LogP contribution in [0.1, 0.15) is 5.69 Å². The van der Waals surface area contributed by atoms with Crippen molar-refractivity contribution in [2.24, 2.45) is 0 Å². The predicted octanol–water partition coefficient (Wildman–Crippen LogP) is 1.31. The van der Waals surface area contributed by atoms with Crippen molar-refractivity contribution in [3.05, 3.63) is 32.3 Å². The largest absolute Gasteiger partial charge is 0.307 e. The van der Waals surface area contributed by atoms with Crippen LogP contribution in [-0.4, -0.2) is 15.5 Å². The second-order valence-corrected chi connectivity index (χ2v) is 4.83. The molecule has 2 rings (SSSR count). The molecule has 2 aromatic rings. The standard InChI is InChI=1S/C9H9N3O2S2/c1-6-5-16-9(14)12(6)4-7(13)11-8-10-2-3-15-8/h2-3,5H,4H2,1H3,(H,10,11,13). The minimum atomic E-state index is -0.237. The summed E-state index contributed by atoms with van der Waals surface area (Å²) < 4.78 is 1.44. The zero-order valence-electron chi connectivity index (χ0n) is 8.47. The van der Waals surface area contributed by atoms with Crippen LogP contribution in [0.25, 0.3) is 0 Å². The monoisotopic (exact) mass is 255 g/mol. The molecule has 2 aromatic heterocycles.